The highest BCUT2D eigenvalue weighted by molar-refractivity contribution is 8.13. The largest absolute Gasteiger partial charge is 0.236 e. The Morgan fingerprint density at radius 1 is 1.24 bits per heavy atom. The van der Waals surface area contributed by atoms with Crippen LogP contribution < -0.4 is 0 Å². The highest BCUT2D eigenvalue weighted by Crippen LogP contribution is 2.30. The average Bonchev–Trinajstić information content (AvgIpc) is 2.20. The van der Waals surface area contributed by atoms with E-state index in [0.717, 1.165) is 18.4 Å². The molecule has 1 aromatic rings. The molecule has 0 heterocycles. The Morgan fingerprint density at radius 2 is 1.82 bits per heavy atom. The molecule has 0 aliphatic heterocycles. The normalized spacial score (nSPS) is 12.1. The van der Waals surface area contributed by atoms with Crippen LogP contribution in [-0.2, 0) is 14.8 Å². The summed E-state index contributed by atoms with van der Waals surface area (Å²) in [7, 11) is 1.68. The van der Waals surface area contributed by atoms with Crippen LogP contribution in [0.1, 0.15) is 43.7 Å². The Hall–Kier alpha value is -0.250. The third-order valence-electron chi connectivity index (χ3n) is 2.83. The second-order valence-corrected chi connectivity index (χ2v) is 7.24. The predicted octanol–water partition coefficient (Wildman–Crippen LogP) is 4.31. The highest BCUT2D eigenvalue weighted by Gasteiger charge is 2.13. The van der Waals surface area contributed by atoms with Crippen LogP contribution in [0, 0.1) is 0 Å². The van der Waals surface area contributed by atoms with E-state index >= 15 is 0 Å². The molecule has 1 aromatic carbocycles. The Labute approximate surface area is 112 Å². The number of hydrogen-bond donors (Lipinski definition) is 0. The van der Waals surface area contributed by atoms with Crippen molar-refractivity contribution in [3.8, 4) is 0 Å². The van der Waals surface area contributed by atoms with Crippen LogP contribution in [0.15, 0.2) is 18.2 Å². The van der Waals surface area contributed by atoms with E-state index in [1.807, 2.05) is 6.07 Å². The quantitative estimate of drug-likeness (QED) is 0.758. The summed E-state index contributed by atoms with van der Waals surface area (Å²) in [6.07, 6.45) is 2.03. The van der Waals surface area contributed by atoms with Crippen molar-refractivity contribution in [1.82, 2.24) is 0 Å². The van der Waals surface area contributed by atoms with E-state index in [4.69, 9.17) is 22.3 Å². The van der Waals surface area contributed by atoms with Crippen molar-refractivity contribution in [1.29, 1.82) is 0 Å². The van der Waals surface area contributed by atoms with Crippen molar-refractivity contribution in [2.24, 2.45) is 0 Å². The minimum absolute atomic E-state index is 0.183. The van der Waals surface area contributed by atoms with Gasteiger partial charge in [0.1, 0.15) is 0 Å². The topological polar surface area (TPSA) is 34.1 Å². The Bertz CT molecular complexity index is 479. The van der Waals surface area contributed by atoms with Crippen LogP contribution in [0.4, 0.5) is 0 Å². The lowest BCUT2D eigenvalue weighted by Gasteiger charge is -2.15. The zero-order chi connectivity index (χ0) is 13.1. The second kappa shape index (κ2) is 6.07. The van der Waals surface area contributed by atoms with Crippen LogP contribution in [0.25, 0.3) is 0 Å². The first-order chi connectivity index (χ1) is 7.87. The lowest BCUT2D eigenvalue weighted by molar-refractivity contribution is 0.609. The lowest BCUT2D eigenvalue weighted by Crippen LogP contribution is -1.99. The summed E-state index contributed by atoms with van der Waals surface area (Å²) in [5.74, 6) is 0.237. The fourth-order valence-corrected chi connectivity index (χ4v) is 3.23. The van der Waals surface area contributed by atoms with Crippen LogP contribution in [0.3, 0.4) is 0 Å². The molecule has 1 rings (SSSR count). The summed E-state index contributed by atoms with van der Waals surface area (Å²) in [5.41, 5.74) is 1.70. The molecule has 0 fully saturated rings. The third-order valence-corrected chi connectivity index (χ3v) is 4.16. The summed E-state index contributed by atoms with van der Waals surface area (Å²) in [6.45, 7) is 4.23. The first-order valence-electron chi connectivity index (χ1n) is 5.58. The zero-order valence-electron chi connectivity index (χ0n) is 9.91. The van der Waals surface area contributed by atoms with Gasteiger partial charge in [0.2, 0.25) is 9.05 Å². The van der Waals surface area contributed by atoms with Gasteiger partial charge >= 0.3 is 0 Å². The molecule has 0 amide bonds. The molecule has 0 bridgehead atoms. The van der Waals surface area contributed by atoms with Gasteiger partial charge in [-0.25, -0.2) is 8.42 Å². The monoisotopic (exact) mass is 294 g/mol. The number of benzene rings is 1. The molecular formula is C12H16Cl2O2S. The SMILES string of the molecule is CCC(CC)c1ccc(CS(=O)(=O)Cl)cc1Cl. The molecule has 0 radical (unpaired) electrons. The van der Waals surface area contributed by atoms with Gasteiger partial charge in [-0.05, 0) is 36.0 Å². The standard InChI is InChI=1S/C12H16Cl2O2S/c1-3-10(4-2)11-6-5-9(7-12(11)13)8-17(14,15)16/h5-7,10H,3-4,8H2,1-2H3. The molecule has 96 valence electrons. The Morgan fingerprint density at radius 3 is 2.24 bits per heavy atom. The van der Waals surface area contributed by atoms with E-state index in [2.05, 4.69) is 13.8 Å². The maximum absolute atomic E-state index is 11.0. The fourth-order valence-electron chi connectivity index (χ4n) is 1.92. The van der Waals surface area contributed by atoms with Crippen molar-refractivity contribution in [3.05, 3.63) is 34.3 Å². The van der Waals surface area contributed by atoms with Crippen LogP contribution in [-0.4, -0.2) is 8.42 Å². The van der Waals surface area contributed by atoms with Crippen molar-refractivity contribution < 1.29 is 8.42 Å². The molecule has 0 N–H and O–H groups in total. The van der Waals surface area contributed by atoms with E-state index in [9.17, 15) is 8.42 Å². The highest BCUT2D eigenvalue weighted by atomic mass is 35.7. The number of rotatable bonds is 5. The molecule has 0 saturated heterocycles. The maximum atomic E-state index is 11.0. The molecule has 0 spiro atoms. The molecule has 0 aliphatic rings. The smallest absolute Gasteiger partial charge is 0.212 e. The molecule has 0 atom stereocenters. The van der Waals surface area contributed by atoms with Crippen molar-refractivity contribution in [3.63, 3.8) is 0 Å². The van der Waals surface area contributed by atoms with Crippen molar-refractivity contribution >= 4 is 31.3 Å². The molecule has 0 aliphatic carbocycles. The third kappa shape index (κ3) is 4.49. The molecule has 5 heteroatoms. The van der Waals surface area contributed by atoms with Gasteiger partial charge < -0.3 is 0 Å². The summed E-state index contributed by atoms with van der Waals surface area (Å²) < 4.78 is 21.9. The van der Waals surface area contributed by atoms with Gasteiger partial charge in [0.15, 0.2) is 0 Å². The molecule has 0 aromatic heterocycles. The van der Waals surface area contributed by atoms with Crippen LogP contribution in [0.5, 0.6) is 0 Å². The minimum Gasteiger partial charge on any atom is -0.212 e. The van der Waals surface area contributed by atoms with Gasteiger partial charge in [0.25, 0.3) is 0 Å². The van der Waals surface area contributed by atoms with Crippen molar-refractivity contribution in [2.45, 2.75) is 38.4 Å². The fraction of sp³-hybridized carbons (Fsp3) is 0.500. The predicted molar refractivity (Wildman–Crippen MR) is 73.3 cm³/mol. The maximum Gasteiger partial charge on any atom is 0.236 e. The Kier molecular flexibility index (Phi) is 5.29. The summed E-state index contributed by atoms with van der Waals surface area (Å²) >= 11 is 6.17. The van der Waals surface area contributed by atoms with Crippen LogP contribution >= 0.6 is 22.3 Å². The van der Waals surface area contributed by atoms with Crippen LogP contribution in [0.2, 0.25) is 5.02 Å². The zero-order valence-corrected chi connectivity index (χ0v) is 12.2. The first kappa shape index (κ1) is 14.8. The van der Waals surface area contributed by atoms with E-state index in [1.54, 1.807) is 12.1 Å². The van der Waals surface area contributed by atoms with E-state index in [-0.39, 0.29) is 5.75 Å². The summed E-state index contributed by atoms with van der Waals surface area (Å²) in [4.78, 5) is 0. The average molecular weight is 295 g/mol. The first-order valence-corrected chi connectivity index (χ1v) is 8.43. The summed E-state index contributed by atoms with van der Waals surface area (Å²) in [5, 5.41) is 0.622. The number of hydrogen-bond acceptors (Lipinski definition) is 2. The van der Waals surface area contributed by atoms with Gasteiger partial charge in [0, 0.05) is 15.7 Å². The lowest BCUT2D eigenvalue weighted by atomic mass is 9.93. The molecule has 2 nitrogen and oxygen atoms in total. The molecule has 0 unspecified atom stereocenters. The second-order valence-electron chi connectivity index (χ2n) is 4.05. The van der Waals surface area contributed by atoms with Gasteiger partial charge in [-0.2, -0.15) is 0 Å². The molecule has 17 heavy (non-hydrogen) atoms. The van der Waals surface area contributed by atoms with E-state index < -0.39 is 9.05 Å². The molecule has 0 saturated carbocycles. The van der Waals surface area contributed by atoms with Gasteiger partial charge in [-0.3, -0.25) is 0 Å². The molecular weight excluding hydrogens is 279 g/mol. The van der Waals surface area contributed by atoms with E-state index in [1.165, 1.54) is 0 Å². The van der Waals surface area contributed by atoms with Gasteiger partial charge in [0.05, 0.1) is 5.75 Å². The van der Waals surface area contributed by atoms with Crippen molar-refractivity contribution in [2.75, 3.05) is 0 Å². The Balaban J connectivity index is 3.01. The minimum atomic E-state index is -3.52. The van der Waals surface area contributed by atoms with E-state index in [0.29, 0.717) is 16.5 Å². The summed E-state index contributed by atoms with van der Waals surface area (Å²) in [6, 6.07) is 5.37. The number of halogens is 2. The van der Waals surface area contributed by atoms with Gasteiger partial charge in [-0.15, -0.1) is 0 Å². The van der Waals surface area contributed by atoms with Gasteiger partial charge in [-0.1, -0.05) is 37.6 Å².